The zero-order chi connectivity index (χ0) is 14.9. The summed E-state index contributed by atoms with van der Waals surface area (Å²) in [6.45, 7) is 0. The molecule has 1 nitrogen and oxygen atoms in total. The third-order valence-electron chi connectivity index (χ3n) is 2.93. The largest absolute Gasteiger partial charge is 0.309 e. The Labute approximate surface area is 127 Å². The van der Waals surface area contributed by atoms with Crippen molar-refractivity contribution in [3.05, 3.63) is 68.4 Å². The van der Waals surface area contributed by atoms with E-state index in [-0.39, 0.29) is 5.56 Å². The molecule has 0 saturated carbocycles. The van der Waals surface area contributed by atoms with Gasteiger partial charge in [0.2, 0.25) is 0 Å². The maximum absolute atomic E-state index is 13.9. The minimum absolute atomic E-state index is 0.00796. The second-order valence-corrected chi connectivity index (χ2v) is 5.38. The smallest absolute Gasteiger partial charge is 0.161 e. The molecular formula is C14H10BrClF3N. The lowest BCUT2D eigenvalue weighted by molar-refractivity contribution is 0.483. The van der Waals surface area contributed by atoms with Gasteiger partial charge in [-0.15, -0.1) is 0 Å². The van der Waals surface area contributed by atoms with Crippen molar-refractivity contribution in [2.45, 2.75) is 6.04 Å². The summed E-state index contributed by atoms with van der Waals surface area (Å²) < 4.78 is 40.9. The number of benzene rings is 2. The van der Waals surface area contributed by atoms with E-state index >= 15 is 0 Å². The standard InChI is InChI=1S/C14H10BrClF3N/c1-20-14(7-3-2-4-9(15)13(7)16)8-5-11(18)12(19)6-10(8)17/h2-6,14,20H,1H3. The molecule has 0 aromatic heterocycles. The van der Waals surface area contributed by atoms with Crippen LogP contribution in [0.15, 0.2) is 34.8 Å². The lowest BCUT2D eigenvalue weighted by atomic mass is 9.98. The topological polar surface area (TPSA) is 12.0 Å². The van der Waals surface area contributed by atoms with Crippen LogP contribution in [-0.4, -0.2) is 7.05 Å². The Morgan fingerprint density at radius 2 is 1.70 bits per heavy atom. The van der Waals surface area contributed by atoms with E-state index < -0.39 is 23.5 Å². The highest BCUT2D eigenvalue weighted by molar-refractivity contribution is 9.10. The van der Waals surface area contributed by atoms with Crippen LogP contribution in [-0.2, 0) is 0 Å². The predicted octanol–water partition coefficient (Wildman–Crippen LogP) is 4.83. The van der Waals surface area contributed by atoms with Crippen molar-refractivity contribution < 1.29 is 13.2 Å². The van der Waals surface area contributed by atoms with Crippen LogP contribution < -0.4 is 5.32 Å². The van der Waals surface area contributed by atoms with Crippen LogP contribution in [0.4, 0.5) is 13.2 Å². The highest BCUT2D eigenvalue weighted by Gasteiger charge is 2.22. The molecule has 0 amide bonds. The fourth-order valence-electron chi connectivity index (χ4n) is 1.98. The number of hydrogen-bond donors (Lipinski definition) is 1. The third kappa shape index (κ3) is 2.85. The number of halogens is 5. The van der Waals surface area contributed by atoms with Crippen molar-refractivity contribution in [2.75, 3.05) is 7.05 Å². The molecule has 1 atom stereocenters. The summed E-state index contributed by atoms with van der Waals surface area (Å²) in [5, 5.41) is 3.24. The van der Waals surface area contributed by atoms with Crippen LogP contribution in [0.5, 0.6) is 0 Å². The van der Waals surface area contributed by atoms with E-state index in [0.717, 1.165) is 6.07 Å². The molecule has 0 saturated heterocycles. The summed E-state index contributed by atoms with van der Waals surface area (Å²) in [5.74, 6) is -3.16. The fraction of sp³-hybridized carbons (Fsp3) is 0.143. The van der Waals surface area contributed by atoms with E-state index in [2.05, 4.69) is 21.2 Å². The monoisotopic (exact) mass is 363 g/mol. The van der Waals surface area contributed by atoms with Crippen molar-refractivity contribution in [3.8, 4) is 0 Å². The van der Waals surface area contributed by atoms with Crippen molar-refractivity contribution in [1.82, 2.24) is 5.32 Å². The van der Waals surface area contributed by atoms with Gasteiger partial charge in [-0.05, 0) is 40.7 Å². The predicted molar refractivity (Wildman–Crippen MR) is 76.4 cm³/mol. The molecule has 6 heteroatoms. The SMILES string of the molecule is CNC(c1cc(F)c(F)cc1F)c1cccc(Br)c1Cl. The highest BCUT2D eigenvalue weighted by atomic mass is 79.9. The Morgan fingerprint density at radius 3 is 2.35 bits per heavy atom. The summed E-state index contributed by atoms with van der Waals surface area (Å²) in [6.07, 6.45) is 0. The summed E-state index contributed by atoms with van der Waals surface area (Å²) >= 11 is 9.44. The molecule has 1 N–H and O–H groups in total. The van der Waals surface area contributed by atoms with Crippen LogP contribution in [0.2, 0.25) is 5.02 Å². The lowest BCUT2D eigenvalue weighted by Gasteiger charge is -2.20. The molecule has 20 heavy (non-hydrogen) atoms. The van der Waals surface area contributed by atoms with Gasteiger partial charge in [0, 0.05) is 16.1 Å². The maximum Gasteiger partial charge on any atom is 0.161 e. The Kier molecular flexibility index (Phi) is 4.73. The molecular weight excluding hydrogens is 355 g/mol. The van der Waals surface area contributed by atoms with E-state index in [9.17, 15) is 13.2 Å². The Balaban J connectivity index is 2.58. The van der Waals surface area contributed by atoms with E-state index in [1.807, 2.05) is 0 Å². The van der Waals surface area contributed by atoms with Crippen LogP contribution in [0.3, 0.4) is 0 Å². The van der Waals surface area contributed by atoms with E-state index in [1.165, 1.54) is 0 Å². The van der Waals surface area contributed by atoms with Crippen LogP contribution in [0.1, 0.15) is 17.2 Å². The molecule has 0 heterocycles. The molecule has 0 aliphatic rings. The summed E-state index contributed by atoms with van der Waals surface area (Å²) in [6, 6.07) is 5.84. The number of hydrogen-bond acceptors (Lipinski definition) is 1. The van der Waals surface area contributed by atoms with Gasteiger partial charge in [-0.3, -0.25) is 0 Å². The van der Waals surface area contributed by atoms with Gasteiger partial charge < -0.3 is 5.32 Å². The molecule has 2 rings (SSSR count). The highest BCUT2D eigenvalue weighted by Crippen LogP contribution is 2.34. The molecule has 2 aromatic rings. The fourth-order valence-corrected chi connectivity index (χ4v) is 2.60. The first-order valence-corrected chi connectivity index (χ1v) is 6.88. The Hall–Kier alpha value is -1.04. The summed E-state index contributed by atoms with van der Waals surface area (Å²) in [7, 11) is 1.59. The molecule has 0 aliphatic heterocycles. The minimum atomic E-state index is -1.22. The average molecular weight is 365 g/mol. The second kappa shape index (κ2) is 6.16. The first-order chi connectivity index (χ1) is 9.45. The Bertz CT molecular complexity index is 649. The van der Waals surface area contributed by atoms with Crippen LogP contribution in [0, 0.1) is 17.5 Å². The van der Waals surface area contributed by atoms with Crippen molar-refractivity contribution in [2.24, 2.45) is 0 Å². The van der Waals surface area contributed by atoms with E-state index in [1.54, 1.807) is 25.2 Å². The number of nitrogens with one attached hydrogen (secondary N) is 1. The molecule has 1 unspecified atom stereocenters. The van der Waals surface area contributed by atoms with Gasteiger partial charge in [0.15, 0.2) is 11.6 Å². The molecule has 2 aromatic carbocycles. The summed E-state index contributed by atoms with van der Waals surface area (Å²) in [4.78, 5) is 0. The van der Waals surface area contributed by atoms with Gasteiger partial charge in [-0.1, -0.05) is 23.7 Å². The van der Waals surface area contributed by atoms with Gasteiger partial charge in [-0.2, -0.15) is 0 Å². The average Bonchev–Trinajstić information content (AvgIpc) is 2.41. The Morgan fingerprint density at radius 1 is 1.05 bits per heavy atom. The van der Waals surface area contributed by atoms with Crippen LogP contribution >= 0.6 is 27.5 Å². The molecule has 0 bridgehead atoms. The minimum Gasteiger partial charge on any atom is -0.309 e. The van der Waals surface area contributed by atoms with Gasteiger partial charge in [0.05, 0.1) is 11.1 Å². The summed E-state index contributed by atoms with van der Waals surface area (Å²) in [5.41, 5.74) is 0.555. The molecule has 106 valence electrons. The molecule has 0 aliphatic carbocycles. The van der Waals surface area contributed by atoms with Crippen LogP contribution in [0.25, 0.3) is 0 Å². The zero-order valence-corrected chi connectivity index (χ0v) is 12.7. The molecule has 0 fully saturated rings. The van der Waals surface area contributed by atoms with Gasteiger partial charge in [0.1, 0.15) is 5.82 Å². The van der Waals surface area contributed by atoms with Gasteiger partial charge in [0.25, 0.3) is 0 Å². The number of rotatable bonds is 3. The van der Waals surface area contributed by atoms with Gasteiger partial charge >= 0.3 is 0 Å². The van der Waals surface area contributed by atoms with E-state index in [0.29, 0.717) is 21.1 Å². The zero-order valence-electron chi connectivity index (χ0n) is 10.4. The normalized spacial score (nSPS) is 12.5. The quantitative estimate of drug-likeness (QED) is 0.769. The first kappa shape index (κ1) is 15.4. The third-order valence-corrected chi connectivity index (χ3v) is 4.24. The van der Waals surface area contributed by atoms with Crippen molar-refractivity contribution in [3.63, 3.8) is 0 Å². The van der Waals surface area contributed by atoms with Crippen molar-refractivity contribution in [1.29, 1.82) is 0 Å². The lowest BCUT2D eigenvalue weighted by Crippen LogP contribution is -2.20. The van der Waals surface area contributed by atoms with E-state index in [4.69, 9.17) is 11.6 Å². The maximum atomic E-state index is 13.9. The molecule has 0 spiro atoms. The molecule has 0 radical (unpaired) electrons. The second-order valence-electron chi connectivity index (χ2n) is 4.15. The van der Waals surface area contributed by atoms with Gasteiger partial charge in [-0.25, -0.2) is 13.2 Å². The first-order valence-electron chi connectivity index (χ1n) is 5.71. The van der Waals surface area contributed by atoms with Crippen molar-refractivity contribution >= 4 is 27.5 Å².